The minimum absolute atomic E-state index is 0.211. The van der Waals surface area contributed by atoms with Crippen LogP contribution in [0.5, 0.6) is 0 Å². The lowest BCUT2D eigenvalue weighted by Crippen LogP contribution is -2.28. The van der Waals surface area contributed by atoms with Crippen molar-refractivity contribution < 1.29 is 19.1 Å². The highest BCUT2D eigenvalue weighted by Gasteiger charge is 2.27. The van der Waals surface area contributed by atoms with Crippen molar-refractivity contribution >= 4 is 11.9 Å². The van der Waals surface area contributed by atoms with E-state index in [1.165, 1.54) is 0 Å². The lowest BCUT2D eigenvalue weighted by Gasteiger charge is -2.23. The van der Waals surface area contributed by atoms with Gasteiger partial charge in [0.05, 0.1) is 12.0 Å². The number of ether oxygens (including phenoxy) is 2. The number of hydrogen-bond donors (Lipinski definition) is 0. The molecule has 112 valence electrons. The molecule has 0 aromatic carbocycles. The molecule has 0 aliphatic rings. The SMILES string of the molecule is CCC(C)(C)OC(=O)CCCOC(=O)C(C)(C)CC. The summed E-state index contributed by atoms with van der Waals surface area (Å²) >= 11 is 0. The maximum atomic E-state index is 11.7. The summed E-state index contributed by atoms with van der Waals surface area (Å²) in [6, 6.07) is 0. The molecule has 0 aromatic heterocycles. The van der Waals surface area contributed by atoms with E-state index in [1.807, 2.05) is 41.5 Å². The highest BCUT2D eigenvalue weighted by Crippen LogP contribution is 2.21. The maximum absolute atomic E-state index is 11.7. The van der Waals surface area contributed by atoms with E-state index in [0.29, 0.717) is 6.42 Å². The molecule has 0 spiro atoms. The van der Waals surface area contributed by atoms with Crippen molar-refractivity contribution in [3.8, 4) is 0 Å². The van der Waals surface area contributed by atoms with Gasteiger partial charge in [0.1, 0.15) is 5.60 Å². The summed E-state index contributed by atoms with van der Waals surface area (Å²) in [7, 11) is 0. The van der Waals surface area contributed by atoms with Crippen molar-refractivity contribution in [3.05, 3.63) is 0 Å². The van der Waals surface area contributed by atoms with Crippen LogP contribution in [0.4, 0.5) is 0 Å². The van der Waals surface area contributed by atoms with E-state index in [-0.39, 0.29) is 25.0 Å². The van der Waals surface area contributed by atoms with Crippen molar-refractivity contribution in [2.45, 2.75) is 72.8 Å². The summed E-state index contributed by atoms with van der Waals surface area (Å²) in [5.74, 6) is -0.449. The normalized spacial score (nSPS) is 12.1. The molecule has 0 saturated heterocycles. The molecule has 0 aromatic rings. The predicted octanol–water partition coefficient (Wildman–Crippen LogP) is 3.48. The molecule has 4 heteroatoms. The van der Waals surface area contributed by atoms with Gasteiger partial charge >= 0.3 is 11.9 Å². The van der Waals surface area contributed by atoms with Crippen molar-refractivity contribution in [1.82, 2.24) is 0 Å². The second-order valence-corrected chi connectivity index (χ2v) is 6.06. The average Bonchev–Trinajstić information content (AvgIpc) is 2.33. The van der Waals surface area contributed by atoms with Crippen LogP contribution in [0.25, 0.3) is 0 Å². The highest BCUT2D eigenvalue weighted by atomic mass is 16.6. The number of carbonyl (C=O) groups is 2. The van der Waals surface area contributed by atoms with Crippen LogP contribution in [0.1, 0.15) is 67.2 Å². The fraction of sp³-hybridized carbons (Fsp3) is 0.867. The molecule has 0 unspecified atom stereocenters. The molecule has 0 atom stereocenters. The van der Waals surface area contributed by atoms with Gasteiger partial charge in [-0.2, -0.15) is 0 Å². The summed E-state index contributed by atoms with van der Waals surface area (Å²) in [5.41, 5.74) is -0.872. The molecule has 0 aliphatic heterocycles. The maximum Gasteiger partial charge on any atom is 0.311 e. The Morgan fingerprint density at radius 1 is 1.00 bits per heavy atom. The van der Waals surface area contributed by atoms with Crippen LogP contribution >= 0.6 is 0 Å². The zero-order valence-electron chi connectivity index (χ0n) is 13.2. The van der Waals surface area contributed by atoms with Gasteiger partial charge < -0.3 is 9.47 Å². The molecule has 0 radical (unpaired) electrons. The molecule has 0 saturated carbocycles. The number of rotatable bonds is 8. The molecular weight excluding hydrogens is 244 g/mol. The molecule has 0 bridgehead atoms. The first-order chi connectivity index (χ1) is 8.64. The smallest absolute Gasteiger partial charge is 0.311 e. The van der Waals surface area contributed by atoms with Gasteiger partial charge in [-0.1, -0.05) is 13.8 Å². The van der Waals surface area contributed by atoms with Crippen molar-refractivity contribution in [3.63, 3.8) is 0 Å². The predicted molar refractivity (Wildman–Crippen MR) is 74.7 cm³/mol. The number of esters is 2. The summed E-state index contributed by atoms with van der Waals surface area (Å²) < 4.78 is 10.5. The Kier molecular flexibility index (Phi) is 7.09. The van der Waals surface area contributed by atoms with E-state index >= 15 is 0 Å². The molecular formula is C15H28O4. The Hall–Kier alpha value is -1.06. The van der Waals surface area contributed by atoms with Gasteiger partial charge in [0.25, 0.3) is 0 Å². The van der Waals surface area contributed by atoms with Crippen LogP contribution in [0, 0.1) is 5.41 Å². The Morgan fingerprint density at radius 2 is 1.58 bits per heavy atom. The molecule has 0 heterocycles. The minimum Gasteiger partial charge on any atom is -0.465 e. The molecule has 0 N–H and O–H groups in total. The quantitative estimate of drug-likeness (QED) is 0.501. The van der Waals surface area contributed by atoms with Crippen molar-refractivity contribution in [1.29, 1.82) is 0 Å². The van der Waals surface area contributed by atoms with E-state index in [2.05, 4.69) is 0 Å². The largest absolute Gasteiger partial charge is 0.465 e. The number of carbonyl (C=O) groups excluding carboxylic acids is 2. The van der Waals surface area contributed by atoms with E-state index in [9.17, 15) is 9.59 Å². The molecule has 0 fully saturated rings. The molecule has 0 rings (SSSR count). The Morgan fingerprint density at radius 3 is 2.05 bits per heavy atom. The third-order valence-corrected chi connectivity index (χ3v) is 3.44. The summed E-state index contributed by atoms with van der Waals surface area (Å²) in [4.78, 5) is 23.2. The Labute approximate surface area is 116 Å². The van der Waals surface area contributed by atoms with Crippen LogP contribution in [-0.2, 0) is 19.1 Å². The fourth-order valence-electron chi connectivity index (χ4n) is 1.15. The van der Waals surface area contributed by atoms with E-state index in [0.717, 1.165) is 12.8 Å². The monoisotopic (exact) mass is 272 g/mol. The van der Waals surface area contributed by atoms with Crippen LogP contribution in [0.15, 0.2) is 0 Å². The second kappa shape index (κ2) is 7.51. The van der Waals surface area contributed by atoms with Gasteiger partial charge in [-0.05, 0) is 47.0 Å². The fourth-order valence-corrected chi connectivity index (χ4v) is 1.15. The molecule has 4 nitrogen and oxygen atoms in total. The Balaban J connectivity index is 3.88. The second-order valence-electron chi connectivity index (χ2n) is 6.06. The van der Waals surface area contributed by atoms with Crippen LogP contribution in [0.2, 0.25) is 0 Å². The standard InChI is InChI=1S/C15H28O4/c1-7-14(3,4)13(17)18-11-9-10-12(16)19-15(5,6)8-2/h7-11H2,1-6H3. The first kappa shape index (κ1) is 17.9. The first-order valence-corrected chi connectivity index (χ1v) is 7.03. The lowest BCUT2D eigenvalue weighted by molar-refractivity contribution is -0.159. The molecule has 19 heavy (non-hydrogen) atoms. The highest BCUT2D eigenvalue weighted by molar-refractivity contribution is 5.75. The number of hydrogen-bond acceptors (Lipinski definition) is 4. The molecule has 0 aliphatic carbocycles. The van der Waals surface area contributed by atoms with E-state index in [1.54, 1.807) is 0 Å². The third kappa shape index (κ3) is 7.19. The van der Waals surface area contributed by atoms with Gasteiger partial charge in [0.15, 0.2) is 0 Å². The van der Waals surface area contributed by atoms with E-state index < -0.39 is 11.0 Å². The third-order valence-electron chi connectivity index (χ3n) is 3.44. The van der Waals surface area contributed by atoms with Crippen LogP contribution < -0.4 is 0 Å². The zero-order valence-corrected chi connectivity index (χ0v) is 13.2. The van der Waals surface area contributed by atoms with Crippen molar-refractivity contribution in [2.24, 2.45) is 5.41 Å². The zero-order chi connectivity index (χ0) is 15.1. The van der Waals surface area contributed by atoms with Crippen LogP contribution in [-0.4, -0.2) is 24.1 Å². The summed E-state index contributed by atoms with van der Waals surface area (Å²) in [6.07, 6.45) is 2.30. The topological polar surface area (TPSA) is 52.6 Å². The average molecular weight is 272 g/mol. The first-order valence-electron chi connectivity index (χ1n) is 7.03. The lowest BCUT2D eigenvalue weighted by atomic mass is 9.91. The van der Waals surface area contributed by atoms with Crippen molar-refractivity contribution in [2.75, 3.05) is 6.61 Å². The van der Waals surface area contributed by atoms with Gasteiger partial charge in [0.2, 0.25) is 0 Å². The molecule has 0 amide bonds. The summed E-state index contributed by atoms with van der Waals surface area (Å²) in [5, 5.41) is 0. The Bertz CT molecular complexity index is 305. The van der Waals surface area contributed by atoms with Gasteiger partial charge in [-0.25, -0.2) is 0 Å². The van der Waals surface area contributed by atoms with Crippen LogP contribution in [0.3, 0.4) is 0 Å². The summed E-state index contributed by atoms with van der Waals surface area (Å²) in [6.45, 7) is 11.7. The van der Waals surface area contributed by atoms with Gasteiger partial charge in [-0.3, -0.25) is 9.59 Å². The van der Waals surface area contributed by atoms with Gasteiger partial charge in [0, 0.05) is 6.42 Å². The minimum atomic E-state index is -0.454. The van der Waals surface area contributed by atoms with Gasteiger partial charge in [-0.15, -0.1) is 0 Å². The van der Waals surface area contributed by atoms with E-state index in [4.69, 9.17) is 9.47 Å².